The van der Waals surface area contributed by atoms with Crippen molar-refractivity contribution in [2.75, 3.05) is 20.2 Å². The van der Waals surface area contributed by atoms with Gasteiger partial charge in [0.25, 0.3) is 0 Å². The number of aryl methyl sites for hydroxylation is 1. The van der Waals surface area contributed by atoms with Crippen LogP contribution < -0.4 is 16.2 Å². The third-order valence-corrected chi connectivity index (χ3v) is 3.34. The van der Waals surface area contributed by atoms with Crippen molar-refractivity contribution in [2.45, 2.75) is 12.8 Å². The summed E-state index contributed by atoms with van der Waals surface area (Å²) in [7, 11) is 1.67. The molecule has 4 N–H and O–H groups in total. The Hall–Kier alpha value is -0.580. The van der Waals surface area contributed by atoms with Gasteiger partial charge in [0.15, 0.2) is 0 Å². The van der Waals surface area contributed by atoms with Gasteiger partial charge >= 0.3 is 0 Å². The largest absolute Gasteiger partial charge is 0.496 e. The van der Waals surface area contributed by atoms with Crippen LogP contribution in [0.1, 0.15) is 12.0 Å². The van der Waals surface area contributed by atoms with Gasteiger partial charge in [-0.25, -0.2) is 0 Å². The zero-order valence-electron chi connectivity index (χ0n) is 9.58. The molecule has 1 rings (SSSR count). The van der Waals surface area contributed by atoms with Crippen LogP contribution in [0.15, 0.2) is 22.7 Å². The molecule has 0 unspecified atom stereocenters. The molecule has 0 amide bonds. The van der Waals surface area contributed by atoms with E-state index in [4.69, 9.17) is 16.2 Å². The van der Waals surface area contributed by atoms with E-state index < -0.39 is 0 Å². The van der Waals surface area contributed by atoms with Crippen molar-refractivity contribution in [1.82, 2.24) is 0 Å². The maximum Gasteiger partial charge on any atom is 0.133 e. The Kier molecular flexibility index (Phi) is 5.80. The average molecular weight is 287 g/mol. The predicted octanol–water partition coefficient (Wildman–Crippen LogP) is 1.92. The number of nitrogens with two attached hydrogens (primary N) is 2. The Labute approximate surface area is 105 Å². The molecule has 0 aromatic heterocycles. The van der Waals surface area contributed by atoms with Crippen LogP contribution in [0.3, 0.4) is 0 Å². The lowest BCUT2D eigenvalue weighted by molar-refractivity contribution is 0.412. The first-order valence-corrected chi connectivity index (χ1v) is 6.23. The lowest BCUT2D eigenvalue weighted by atomic mass is 10.00. The summed E-state index contributed by atoms with van der Waals surface area (Å²) < 4.78 is 6.17. The van der Waals surface area contributed by atoms with E-state index >= 15 is 0 Å². The average Bonchev–Trinajstić information content (AvgIpc) is 2.30. The fourth-order valence-corrected chi connectivity index (χ4v) is 2.16. The molecule has 0 bridgehead atoms. The van der Waals surface area contributed by atoms with Crippen LogP contribution in [0.5, 0.6) is 5.75 Å². The van der Waals surface area contributed by atoms with E-state index in [0.29, 0.717) is 19.0 Å². The lowest BCUT2D eigenvalue weighted by Gasteiger charge is -2.12. The number of methoxy groups -OCH3 is 1. The Morgan fingerprint density at radius 3 is 2.50 bits per heavy atom. The van der Waals surface area contributed by atoms with E-state index in [-0.39, 0.29) is 0 Å². The summed E-state index contributed by atoms with van der Waals surface area (Å²) in [6.07, 6.45) is 2.04. The summed E-state index contributed by atoms with van der Waals surface area (Å²) in [5, 5.41) is 0. The number of hydrogen-bond donors (Lipinski definition) is 2. The van der Waals surface area contributed by atoms with Gasteiger partial charge in [-0.15, -0.1) is 0 Å². The lowest BCUT2D eigenvalue weighted by Crippen LogP contribution is -2.23. The molecule has 0 saturated heterocycles. The SMILES string of the molecule is COc1ccc(CCC(CN)CN)cc1Br. The molecule has 0 aliphatic rings. The third-order valence-electron chi connectivity index (χ3n) is 2.72. The molecule has 0 heterocycles. The molecule has 0 aliphatic heterocycles. The van der Waals surface area contributed by atoms with E-state index in [2.05, 4.69) is 28.1 Å². The molecule has 16 heavy (non-hydrogen) atoms. The first-order valence-electron chi connectivity index (χ1n) is 5.43. The Bertz CT molecular complexity index is 327. The van der Waals surface area contributed by atoms with E-state index in [1.165, 1.54) is 5.56 Å². The normalized spacial score (nSPS) is 10.8. The number of ether oxygens (including phenoxy) is 1. The van der Waals surface area contributed by atoms with Crippen LogP contribution in [-0.4, -0.2) is 20.2 Å². The van der Waals surface area contributed by atoms with Gasteiger partial charge < -0.3 is 16.2 Å². The summed E-state index contributed by atoms with van der Waals surface area (Å²) in [5.74, 6) is 1.28. The van der Waals surface area contributed by atoms with Gasteiger partial charge in [-0.05, 0) is 65.5 Å². The molecule has 0 radical (unpaired) electrons. The number of rotatable bonds is 6. The minimum atomic E-state index is 0.417. The van der Waals surface area contributed by atoms with Crippen LogP contribution in [0.25, 0.3) is 0 Å². The maximum absolute atomic E-state index is 5.61. The fraction of sp³-hybridized carbons (Fsp3) is 0.500. The van der Waals surface area contributed by atoms with Crippen LogP contribution in [0, 0.1) is 5.92 Å². The van der Waals surface area contributed by atoms with Crippen LogP contribution >= 0.6 is 15.9 Å². The zero-order valence-corrected chi connectivity index (χ0v) is 11.2. The van der Waals surface area contributed by atoms with Crippen LogP contribution in [0.2, 0.25) is 0 Å². The Balaban J connectivity index is 2.58. The molecule has 0 aliphatic carbocycles. The van der Waals surface area contributed by atoms with Gasteiger partial charge in [0, 0.05) is 0 Å². The quantitative estimate of drug-likeness (QED) is 0.840. The topological polar surface area (TPSA) is 61.3 Å². The van der Waals surface area contributed by atoms with Gasteiger partial charge in [-0.3, -0.25) is 0 Å². The third kappa shape index (κ3) is 3.77. The van der Waals surface area contributed by atoms with Gasteiger partial charge in [-0.2, -0.15) is 0 Å². The van der Waals surface area contributed by atoms with E-state index in [1.807, 2.05) is 6.07 Å². The second-order valence-corrected chi connectivity index (χ2v) is 4.70. The van der Waals surface area contributed by atoms with E-state index in [1.54, 1.807) is 7.11 Å². The Morgan fingerprint density at radius 1 is 1.31 bits per heavy atom. The first-order chi connectivity index (χ1) is 7.71. The zero-order chi connectivity index (χ0) is 12.0. The summed E-state index contributed by atoms with van der Waals surface area (Å²) in [6, 6.07) is 6.13. The number of benzene rings is 1. The number of halogens is 1. The minimum Gasteiger partial charge on any atom is -0.496 e. The molecule has 0 saturated carbocycles. The highest BCUT2D eigenvalue weighted by Crippen LogP contribution is 2.26. The van der Waals surface area contributed by atoms with E-state index in [9.17, 15) is 0 Å². The highest BCUT2D eigenvalue weighted by atomic mass is 79.9. The molecule has 90 valence electrons. The van der Waals surface area contributed by atoms with Crippen LogP contribution in [0.4, 0.5) is 0 Å². The summed E-state index contributed by atoms with van der Waals surface area (Å²) >= 11 is 3.47. The van der Waals surface area contributed by atoms with Crippen molar-refractivity contribution in [1.29, 1.82) is 0 Å². The predicted molar refractivity (Wildman–Crippen MR) is 70.6 cm³/mol. The summed E-state index contributed by atoms with van der Waals surface area (Å²) in [4.78, 5) is 0. The summed E-state index contributed by atoms with van der Waals surface area (Å²) in [6.45, 7) is 1.32. The minimum absolute atomic E-state index is 0.417. The molecule has 0 fully saturated rings. The first kappa shape index (κ1) is 13.5. The van der Waals surface area contributed by atoms with Crippen molar-refractivity contribution in [2.24, 2.45) is 17.4 Å². The highest BCUT2D eigenvalue weighted by Gasteiger charge is 2.06. The molecule has 1 aromatic rings. The van der Waals surface area contributed by atoms with Crippen molar-refractivity contribution >= 4 is 15.9 Å². The molecule has 3 nitrogen and oxygen atoms in total. The van der Waals surface area contributed by atoms with Gasteiger partial charge in [0.05, 0.1) is 11.6 Å². The molecule has 1 aromatic carbocycles. The second kappa shape index (κ2) is 6.89. The summed E-state index contributed by atoms with van der Waals surface area (Å²) in [5.41, 5.74) is 12.5. The fourth-order valence-electron chi connectivity index (χ4n) is 1.57. The van der Waals surface area contributed by atoms with Crippen molar-refractivity contribution in [3.05, 3.63) is 28.2 Å². The molecular formula is C12H19BrN2O. The highest BCUT2D eigenvalue weighted by molar-refractivity contribution is 9.10. The van der Waals surface area contributed by atoms with Crippen LogP contribution in [-0.2, 0) is 6.42 Å². The van der Waals surface area contributed by atoms with Crippen molar-refractivity contribution < 1.29 is 4.74 Å². The molecule has 0 spiro atoms. The molecule has 0 atom stereocenters. The van der Waals surface area contributed by atoms with Crippen molar-refractivity contribution in [3.63, 3.8) is 0 Å². The standard InChI is InChI=1S/C12H19BrN2O/c1-16-12-5-4-9(6-11(12)13)2-3-10(7-14)8-15/h4-6,10H,2-3,7-8,14-15H2,1H3. The Morgan fingerprint density at radius 2 is 2.00 bits per heavy atom. The number of hydrogen-bond acceptors (Lipinski definition) is 3. The molecular weight excluding hydrogens is 268 g/mol. The van der Waals surface area contributed by atoms with Gasteiger partial charge in [0.1, 0.15) is 5.75 Å². The second-order valence-electron chi connectivity index (χ2n) is 3.85. The monoisotopic (exact) mass is 286 g/mol. The van der Waals surface area contributed by atoms with Gasteiger partial charge in [-0.1, -0.05) is 6.07 Å². The van der Waals surface area contributed by atoms with Gasteiger partial charge in [0.2, 0.25) is 0 Å². The van der Waals surface area contributed by atoms with Crippen molar-refractivity contribution in [3.8, 4) is 5.75 Å². The van der Waals surface area contributed by atoms with E-state index in [0.717, 1.165) is 23.1 Å². The smallest absolute Gasteiger partial charge is 0.133 e. The maximum atomic E-state index is 5.61. The molecule has 4 heteroatoms.